The zero-order chi connectivity index (χ0) is 18.2. The molecule has 1 aliphatic heterocycles. The molecule has 0 amide bonds. The summed E-state index contributed by atoms with van der Waals surface area (Å²) >= 11 is 1.41. The Kier molecular flexibility index (Phi) is 4.36. The zero-order valence-electron chi connectivity index (χ0n) is 13.7. The normalized spacial score (nSPS) is 16.0. The Morgan fingerprint density at radius 2 is 2.15 bits per heavy atom. The largest absolute Gasteiger partial charge is 0.493 e. The highest BCUT2D eigenvalue weighted by atomic mass is 32.2. The van der Waals surface area contributed by atoms with Crippen LogP contribution in [0.2, 0.25) is 0 Å². The van der Waals surface area contributed by atoms with Crippen molar-refractivity contribution < 1.29 is 22.7 Å². The summed E-state index contributed by atoms with van der Waals surface area (Å²) in [5.41, 5.74) is -0.148. The first-order valence-corrected chi connectivity index (χ1v) is 10.5. The van der Waals surface area contributed by atoms with Gasteiger partial charge >= 0.3 is 0 Å². The number of sulfonamides is 1. The molecule has 1 atom stereocenters. The lowest BCUT2D eigenvalue weighted by atomic mass is 9.94. The average molecular weight is 391 g/mol. The predicted octanol–water partition coefficient (Wildman–Crippen LogP) is 2.49. The number of aliphatic hydroxyl groups is 1. The maximum absolute atomic E-state index is 12.7. The van der Waals surface area contributed by atoms with Gasteiger partial charge in [0.25, 0.3) is 0 Å². The number of rotatable bonds is 6. The van der Waals surface area contributed by atoms with E-state index in [1.165, 1.54) is 23.7 Å². The summed E-state index contributed by atoms with van der Waals surface area (Å²) in [6.07, 6.45) is 2.13. The minimum Gasteiger partial charge on any atom is -0.493 e. The molecule has 0 spiro atoms. The molecule has 1 aromatic carbocycles. The number of nitrogens with one attached hydrogen (secondary N) is 1. The summed E-state index contributed by atoms with van der Waals surface area (Å²) in [5.74, 6) is 0.996. The van der Waals surface area contributed by atoms with Crippen molar-refractivity contribution in [1.82, 2.24) is 4.72 Å². The third-order valence-electron chi connectivity index (χ3n) is 4.42. The molecule has 1 aliphatic rings. The number of ether oxygens (including phenoxy) is 1. The Labute approximate surface area is 155 Å². The van der Waals surface area contributed by atoms with Gasteiger partial charge in [-0.05, 0) is 52.7 Å². The Morgan fingerprint density at radius 3 is 2.88 bits per heavy atom. The second-order valence-electron chi connectivity index (χ2n) is 6.04. The van der Waals surface area contributed by atoms with E-state index in [1.807, 2.05) is 5.38 Å². The Morgan fingerprint density at radius 1 is 1.27 bits per heavy atom. The highest BCUT2D eigenvalue weighted by Gasteiger charge is 2.36. The van der Waals surface area contributed by atoms with Gasteiger partial charge in [-0.25, -0.2) is 13.1 Å². The van der Waals surface area contributed by atoms with Gasteiger partial charge in [-0.2, -0.15) is 11.3 Å². The molecule has 3 heterocycles. The Hall–Kier alpha value is -2.13. The SMILES string of the molecule is O=S(=O)(NC[C@](O)(c1ccsc1)c1ccco1)c1ccc2c(c1)CCO2. The lowest BCUT2D eigenvalue weighted by molar-refractivity contribution is 0.0623. The van der Waals surface area contributed by atoms with Crippen molar-refractivity contribution in [2.45, 2.75) is 16.9 Å². The van der Waals surface area contributed by atoms with Crippen LogP contribution in [0.15, 0.2) is 62.7 Å². The molecule has 26 heavy (non-hydrogen) atoms. The summed E-state index contributed by atoms with van der Waals surface area (Å²) < 4.78 is 38.7. The molecule has 8 heteroatoms. The standard InChI is InChI=1S/C18H17NO5S2/c20-18(14-6-9-25-11-14,17-2-1-7-24-17)12-19-26(21,22)15-3-4-16-13(10-15)5-8-23-16/h1-4,6-7,9-11,19-20H,5,8,12H2/t18-/m0/s1. The van der Waals surface area contributed by atoms with Crippen LogP contribution >= 0.6 is 11.3 Å². The third kappa shape index (κ3) is 3.05. The first-order valence-electron chi connectivity index (χ1n) is 8.03. The molecular weight excluding hydrogens is 374 g/mol. The first-order chi connectivity index (χ1) is 12.5. The van der Waals surface area contributed by atoms with Crippen molar-refractivity contribution in [3.8, 4) is 5.75 Å². The van der Waals surface area contributed by atoms with Crippen LogP contribution in [0, 0.1) is 0 Å². The lowest BCUT2D eigenvalue weighted by Crippen LogP contribution is -2.41. The van der Waals surface area contributed by atoms with Gasteiger partial charge in [-0.15, -0.1) is 0 Å². The fourth-order valence-electron chi connectivity index (χ4n) is 2.96. The van der Waals surface area contributed by atoms with Crippen LogP contribution in [-0.2, 0) is 22.0 Å². The van der Waals surface area contributed by atoms with Crippen LogP contribution in [0.1, 0.15) is 16.9 Å². The van der Waals surface area contributed by atoms with E-state index >= 15 is 0 Å². The van der Waals surface area contributed by atoms with Crippen molar-refractivity contribution in [2.24, 2.45) is 0 Å². The average Bonchev–Trinajstić information content (AvgIpc) is 3.41. The van der Waals surface area contributed by atoms with Gasteiger partial charge in [0.1, 0.15) is 11.5 Å². The molecule has 0 fully saturated rings. The fourth-order valence-corrected chi connectivity index (χ4v) is 4.79. The number of fused-ring (bicyclic) bond motifs is 1. The third-order valence-corrected chi connectivity index (χ3v) is 6.50. The molecule has 3 aromatic rings. The molecule has 6 nitrogen and oxygen atoms in total. The van der Waals surface area contributed by atoms with Crippen LogP contribution in [0.3, 0.4) is 0 Å². The van der Waals surface area contributed by atoms with Gasteiger partial charge in [-0.3, -0.25) is 0 Å². The quantitative estimate of drug-likeness (QED) is 0.674. The minimum atomic E-state index is -3.80. The van der Waals surface area contributed by atoms with E-state index in [2.05, 4.69) is 4.72 Å². The van der Waals surface area contributed by atoms with Crippen LogP contribution in [0.5, 0.6) is 5.75 Å². The molecule has 0 saturated carbocycles. The van der Waals surface area contributed by atoms with Gasteiger partial charge in [-0.1, -0.05) is 0 Å². The molecule has 0 aliphatic carbocycles. The van der Waals surface area contributed by atoms with Crippen molar-refractivity contribution in [3.63, 3.8) is 0 Å². The van der Waals surface area contributed by atoms with Crippen molar-refractivity contribution in [3.05, 3.63) is 70.3 Å². The predicted molar refractivity (Wildman–Crippen MR) is 96.9 cm³/mol. The Bertz CT molecular complexity index is 960. The number of hydrogen-bond donors (Lipinski definition) is 2. The highest BCUT2D eigenvalue weighted by molar-refractivity contribution is 7.89. The summed E-state index contributed by atoms with van der Waals surface area (Å²) in [7, 11) is -3.80. The molecule has 0 unspecified atom stereocenters. The molecular formula is C18H17NO5S2. The summed E-state index contributed by atoms with van der Waals surface area (Å²) in [4.78, 5) is 0.147. The van der Waals surface area contributed by atoms with Crippen molar-refractivity contribution in [2.75, 3.05) is 13.2 Å². The second kappa shape index (κ2) is 6.55. The minimum absolute atomic E-state index is 0.147. The van der Waals surface area contributed by atoms with E-state index in [-0.39, 0.29) is 17.2 Å². The number of benzene rings is 1. The van der Waals surface area contributed by atoms with Crippen LogP contribution < -0.4 is 9.46 Å². The maximum Gasteiger partial charge on any atom is 0.240 e. The van der Waals surface area contributed by atoms with Crippen molar-refractivity contribution >= 4 is 21.4 Å². The van der Waals surface area contributed by atoms with Gasteiger partial charge in [0.2, 0.25) is 10.0 Å². The maximum atomic E-state index is 12.7. The van der Waals surface area contributed by atoms with Gasteiger partial charge in [0.15, 0.2) is 5.60 Å². The van der Waals surface area contributed by atoms with E-state index in [9.17, 15) is 13.5 Å². The smallest absolute Gasteiger partial charge is 0.240 e. The molecule has 2 aromatic heterocycles. The number of furan rings is 1. The topological polar surface area (TPSA) is 88.8 Å². The molecule has 2 N–H and O–H groups in total. The highest BCUT2D eigenvalue weighted by Crippen LogP contribution is 2.32. The van der Waals surface area contributed by atoms with Gasteiger partial charge in [0.05, 0.1) is 24.3 Å². The van der Waals surface area contributed by atoms with E-state index < -0.39 is 15.6 Å². The lowest BCUT2D eigenvalue weighted by Gasteiger charge is -2.25. The van der Waals surface area contributed by atoms with Crippen LogP contribution in [0.4, 0.5) is 0 Å². The van der Waals surface area contributed by atoms with Gasteiger partial charge in [0, 0.05) is 12.0 Å². The second-order valence-corrected chi connectivity index (χ2v) is 8.59. The van der Waals surface area contributed by atoms with Crippen LogP contribution in [0.25, 0.3) is 0 Å². The summed E-state index contributed by atoms with van der Waals surface area (Å²) in [5, 5.41) is 14.7. The zero-order valence-corrected chi connectivity index (χ0v) is 15.3. The van der Waals surface area contributed by atoms with E-state index in [4.69, 9.17) is 9.15 Å². The summed E-state index contributed by atoms with van der Waals surface area (Å²) in [6, 6.07) is 9.80. The van der Waals surface area contributed by atoms with Gasteiger partial charge < -0.3 is 14.3 Å². The van der Waals surface area contributed by atoms with Crippen molar-refractivity contribution in [1.29, 1.82) is 0 Å². The molecule has 0 bridgehead atoms. The Balaban J connectivity index is 1.61. The van der Waals surface area contributed by atoms with E-state index in [1.54, 1.807) is 35.7 Å². The molecule has 4 rings (SSSR count). The van der Waals surface area contributed by atoms with E-state index in [0.29, 0.717) is 24.3 Å². The molecule has 136 valence electrons. The summed E-state index contributed by atoms with van der Waals surface area (Å²) in [6.45, 7) is 0.315. The van der Waals surface area contributed by atoms with E-state index in [0.717, 1.165) is 5.56 Å². The monoisotopic (exact) mass is 391 g/mol. The fraction of sp³-hybridized carbons (Fsp3) is 0.222. The molecule has 0 radical (unpaired) electrons. The molecule has 0 saturated heterocycles. The number of hydrogen-bond acceptors (Lipinski definition) is 6. The van der Waals surface area contributed by atoms with Crippen LogP contribution in [-0.4, -0.2) is 26.7 Å². The number of thiophene rings is 1. The first kappa shape index (κ1) is 17.3.